The molecule has 0 heterocycles. The Morgan fingerprint density at radius 2 is 1.37 bits per heavy atom. The summed E-state index contributed by atoms with van der Waals surface area (Å²) in [7, 11) is 0. The Morgan fingerprint density at radius 3 is 2.00 bits per heavy atom. The number of benzene rings is 2. The van der Waals surface area contributed by atoms with Crippen molar-refractivity contribution in [1.82, 2.24) is 0 Å². The van der Waals surface area contributed by atoms with Crippen LogP contribution in [0.15, 0.2) is 70.6 Å². The number of carbonyl (C=O) groups is 3. The van der Waals surface area contributed by atoms with Crippen molar-refractivity contribution in [3.8, 4) is 0 Å². The molecule has 0 spiro atoms. The van der Waals surface area contributed by atoms with Crippen LogP contribution in [0, 0.1) is 0 Å². The number of nitrogens with zero attached hydrogens (tertiary/aromatic N) is 3. The number of hydrogen-bond donors (Lipinski definition) is 0. The van der Waals surface area contributed by atoms with Crippen molar-refractivity contribution >= 4 is 45.8 Å². The van der Waals surface area contributed by atoms with Crippen LogP contribution in [0.2, 0.25) is 0 Å². The van der Waals surface area contributed by atoms with Crippen LogP contribution < -0.4 is 0 Å². The maximum Gasteiger partial charge on any atom is 0.332 e. The van der Waals surface area contributed by atoms with Gasteiger partial charge in [-0.2, -0.15) is 0 Å². The lowest BCUT2D eigenvalue weighted by Gasteiger charge is -2.11. The highest BCUT2D eigenvalue weighted by atomic mass is 16.7. The van der Waals surface area contributed by atoms with E-state index in [1.54, 1.807) is 12.1 Å². The van der Waals surface area contributed by atoms with E-state index in [1.807, 2.05) is 30.3 Å². The van der Waals surface area contributed by atoms with Crippen molar-refractivity contribution in [2.24, 2.45) is 15.5 Å². The first-order chi connectivity index (χ1) is 14.3. The van der Waals surface area contributed by atoms with E-state index in [9.17, 15) is 14.4 Å². The molecule has 2 aromatic carbocycles. The second kappa shape index (κ2) is 10.4. The molecule has 0 aliphatic rings. The van der Waals surface area contributed by atoms with Gasteiger partial charge in [-0.15, -0.1) is 0 Å². The third kappa shape index (κ3) is 5.93. The lowest BCUT2D eigenvalue weighted by molar-refractivity contribution is -0.142. The van der Waals surface area contributed by atoms with Gasteiger partial charge in [-0.1, -0.05) is 64.5 Å². The summed E-state index contributed by atoms with van der Waals surface area (Å²) in [5.74, 6) is -2.09. The zero-order chi connectivity index (χ0) is 22.1. The fourth-order valence-corrected chi connectivity index (χ4v) is 2.37. The van der Waals surface area contributed by atoms with E-state index in [-0.39, 0.29) is 17.1 Å². The summed E-state index contributed by atoms with van der Waals surface area (Å²) >= 11 is 0. The smallest absolute Gasteiger partial charge is 0.318 e. The minimum Gasteiger partial charge on any atom is -0.318 e. The highest BCUT2D eigenvalue weighted by molar-refractivity contribution is 6.73. The molecule has 2 rings (SSSR count). The molecule has 0 aliphatic heterocycles. The van der Waals surface area contributed by atoms with Gasteiger partial charge in [-0.3, -0.25) is 0 Å². The molecule has 30 heavy (non-hydrogen) atoms. The van der Waals surface area contributed by atoms with Gasteiger partial charge in [0.05, 0.1) is 0 Å². The van der Waals surface area contributed by atoms with Crippen molar-refractivity contribution in [3.63, 3.8) is 0 Å². The molecule has 9 heteroatoms. The van der Waals surface area contributed by atoms with E-state index in [2.05, 4.69) is 26.9 Å². The van der Waals surface area contributed by atoms with Crippen molar-refractivity contribution in [1.29, 1.82) is 0 Å². The standard InChI is InChI=1S/C21H19N3O6/c1-5-19(22-28-13(2)25)21(24-30-15(4)27)20(23-29-14(3)26)18-12-8-10-16-9-6-7-11-17(16)18/h5-12H,1H2,2-4H3/b22-19+,23-20+,24-21+. The Balaban J connectivity index is 2.77. The first kappa shape index (κ1) is 22.2. The van der Waals surface area contributed by atoms with Gasteiger partial charge < -0.3 is 14.5 Å². The molecule has 0 radical (unpaired) electrons. The van der Waals surface area contributed by atoms with Crippen molar-refractivity contribution in [2.75, 3.05) is 0 Å². The van der Waals surface area contributed by atoms with Crippen LogP contribution in [0.1, 0.15) is 26.3 Å². The zero-order valence-electron chi connectivity index (χ0n) is 16.6. The van der Waals surface area contributed by atoms with Gasteiger partial charge in [-0.05, 0) is 16.8 Å². The van der Waals surface area contributed by atoms with Crippen molar-refractivity contribution in [3.05, 3.63) is 60.7 Å². The number of hydrogen-bond acceptors (Lipinski definition) is 9. The average molecular weight is 409 g/mol. The fraction of sp³-hybridized carbons (Fsp3) is 0.143. The molecule has 0 bridgehead atoms. The Bertz CT molecular complexity index is 1080. The largest absolute Gasteiger partial charge is 0.332 e. The molecule has 0 aliphatic carbocycles. The molecule has 0 unspecified atom stereocenters. The van der Waals surface area contributed by atoms with Gasteiger partial charge in [0.15, 0.2) is 5.71 Å². The Hall–Kier alpha value is -4.14. The molecule has 2 aromatic rings. The summed E-state index contributed by atoms with van der Waals surface area (Å²) in [6.07, 6.45) is 1.22. The molecule has 0 saturated heterocycles. The number of fused-ring (bicyclic) bond motifs is 1. The predicted octanol–water partition coefficient (Wildman–Crippen LogP) is 3.13. The lowest BCUT2D eigenvalue weighted by atomic mass is 9.96. The lowest BCUT2D eigenvalue weighted by Crippen LogP contribution is -2.26. The summed E-state index contributed by atoms with van der Waals surface area (Å²) in [5, 5.41) is 13.0. The van der Waals surface area contributed by atoms with Crippen molar-refractivity contribution in [2.45, 2.75) is 20.8 Å². The highest BCUT2D eigenvalue weighted by Crippen LogP contribution is 2.21. The third-order valence-electron chi connectivity index (χ3n) is 3.51. The summed E-state index contributed by atoms with van der Waals surface area (Å²) < 4.78 is 0. The summed E-state index contributed by atoms with van der Waals surface area (Å²) in [6, 6.07) is 12.7. The molecule has 154 valence electrons. The van der Waals surface area contributed by atoms with E-state index >= 15 is 0 Å². The van der Waals surface area contributed by atoms with E-state index in [1.165, 1.54) is 13.0 Å². The van der Waals surface area contributed by atoms with Gasteiger partial charge in [0, 0.05) is 26.3 Å². The fourth-order valence-electron chi connectivity index (χ4n) is 2.37. The molecular formula is C21H19N3O6. The van der Waals surface area contributed by atoms with Gasteiger partial charge in [-0.25, -0.2) is 14.4 Å². The molecular weight excluding hydrogens is 390 g/mol. The van der Waals surface area contributed by atoms with Crippen LogP contribution in [-0.2, 0) is 28.9 Å². The van der Waals surface area contributed by atoms with Crippen LogP contribution in [0.3, 0.4) is 0 Å². The minimum absolute atomic E-state index is 0.00838. The molecule has 0 amide bonds. The van der Waals surface area contributed by atoms with Gasteiger partial charge >= 0.3 is 17.9 Å². The van der Waals surface area contributed by atoms with Crippen molar-refractivity contribution < 1.29 is 28.9 Å². The number of oxime groups is 3. The molecule has 0 saturated carbocycles. The van der Waals surface area contributed by atoms with E-state index in [0.29, 0.717) is 5.56 Å². The van der Waals surface area contributed by atoms with Gasteiger partial charge in [0.2, 0.25) is 0 Å². The second-order valence-electron chi connectivity index (χ2n) is 5.84. The Morgan fingerprint density at radius 1 is 0.800 bits per heavy atom. The molecule has 0 aromatic heterocycles. The zero-order valence-corrected chi connectivity index (χ0v) is 16.6. The third-order valence-corrected chi connectivity index (χ3v) is 3.51. The van der Waals surface area contributed by atoms with Crippen LogP contribution >= 0.6 is 0 Å². The molecule has 9 nitrogen and oxygen atoms in total. The first-order valence-electron chi connectivity index (χ1n) is 8.71. The van der Waals surface area contributed by atoms with E-state index in [0.717, 1.165) is 24.6 Å². The van der Waals surface area contributed by atoms with Gasteiger partial charge in [0.1, 0.15) is 11.4 Å². The highest BCUT2D eigenvalue weighted by Gasteiger charge is 2.22. The van der Waals surface area contributed by atoms with Crippen LogP contribution in [0.4, 0.5) is 0 Å². The van der Waals surface area contributed by atoms with Crippen LogP contribution in [0.25, 0.3) is 10.8 Å². The summed E-state index contributed by atoms with van der Waals surface area (Å²) in [4.78, 5) is 48.3. The normalized spacial score (nSPS) is 12.3. The topological polar surface area (TPSA) is 116 Å². The predicted molar refractivity (Wildman–Crippen MR) is 111 cm³/mol. The number of rotatable bonds is 7. The monoisotopic (exact) mass is 409 g/mol. The summed E-state index contributed by atoms with van der Waals surface area (Å²) in [6.45, 7) is 7.10. The molecule has 0 N–H and O–H groups in total. The molecule has 0 fully saturated rings. The second-order valence-corrected chi connectivity index (χ2v) is 5.84. The van der Waals surface area contributed by atoms with E-state index < -0.39 is 17.9 Å². The number of carbonyl (C=O) groups excluding carboxylic acids is 3. The Kier molecular flexibility index (Phi) is 7.69. The Labute approximate surface area is 172 Å². The van der Waals surface area contributed by atoms with Crippen LogP contribution in [-0.4, -0.2) is 35.0 Å². The quantitative estimate of drug-likeness (QED) is 0.394. The van der Waals surface area contributed by atoms with Crippen LogP contribution in [0.5, 0.6) is 0 Å². The first-order valence-corrected chi connectivity index (χ1v) is 8.71. The number of allylic oxidation sites excluding steroid dienone is 1. The maximum atomic E-state index is 11.4. The molecule has 0 atom stereocenters. The average Bonchev–Trinajstić information content (AvgIpc) is 2.71. The SMILES string of the molecule is C=CC(=N\OC(C)=O)/C(=N\OC(C)=O)C(=N/OC(C)=O)/c1cccc2ccccc12. The van der Waals surface area contributed by atoms with Gasteiger partial charge in [0.25, 0.3) is 0 Å². The minimum atomic E-state index is -0.715. The maximum absolute atomic E-state index is 11.4. The summed E-state index contributed by atoms with van der Waals surface area (Å²) in [5.41, 5.74) is 0.288. The van der Waals surface area contributed by atoms with E-state index in [4.69, 9.17) is 9.68 Å².